The number of imidazole rings is 1. The van der Waals surface area contributed by atoms with Crippen molar-refractivity contribution in [2.24, 2.45) is 0 Å². The van der Waals surface area contributed by atoms with Crippen molar-refractivity contribution >= 4 is 28.3 Å². The minimum atomic E-state index is -1.02. The summed E-state index contributed by atoms with van der Waals surface area (Å²) in [6, 6.07) is 14.9. The summed E-state index contributed by atoms with van der Waals surface area (Å²) >= 11 is 0. The molecule has 2 saturated heterocycles. The maximum absolute atomic E-state index is 11.8. The molecule has 0 aliphatic carbocycles. The summed E-state index contributed by atoms with van der Waals surface area (Å²) < 4.78 is 8.02. The van der Waals surface area contributed by atoms with E-state index in [0.717, 1.165) is 25.1 Å². The number of hydrogen-bond acceptors (Lipinski definition) is 8. The molecule has 212 valence electrons. The number of amides is 1. The van der Waals surface area contributed by atoms with Gasteiger partial charge >= 0.3 is 12.1 Å². The fourth-order valence-electron chi connectivity index (χ4n) is 6.19. The molecule has 2 aliphatic heterocycles. The third-order valence-corrected chi connectivity index (χ3v) is 8.40. The molecule has 2 atom stereocenters. The number of nitriles is 1. The van der Waals surface area contributed by atoms with Crippen LogP contribution in [0, 0.1) is 18.3 Å². The molecular weight excluding hydrogens is 520 g/mol. The number of fused-ring (bicyclic) bond motifs is 2. The Bertz CT molecular complexity index is 1620. The zero-order valence-corrected chi connectivity index (χ0v) is 23.4. The SMILES string of the molecule is Cc1cccc2cccc(Cc3cnc4c(N5CCN(C(=O)O)[C@@H](CC#N)C5)nc(OC[C@@H]5CCCN5C)nn34)c12. The van der Waals surface area contributed by atoms with Crippen LogP contribution in [0.25, 0.3) is 16.4 Å². The lowest BCUT2D eigenvalue weighted by atomic mass is 9.97. The molecule has 41 heavy (non-hydrogen) atoms. The Kier molecular flexibility index (Phi) is 7.32. The molecule has 4 heterocycles. The van der Waals surface area contributed by atoms with Gasteiger partial charge in [0.25, 0.3) is 0 Å². The van der Waals surface area contributed by atoms with Gasteiger partial charge in [-0.3, -0.25) is 0 Å². The number of carboxylic acid groups (broad SMARTS) is 1. The number of likely N-dealkylation sites (tertiary alicyclic amines) is 1. The molecule has 0 bridgehead atoms. The van der Waals surface area contributed by atoms with Gasteiger partial charge in [-0.1, -0.05) is 36.4 Å². The molecule has 0 unspecified atom stereocenters. The Balaban J connectivity index is 1.39. The van der Waals surface area contributed by atoms with Crippen LogP contribution in [0.4, 0.5) is 10.6 Å². The molecule has 2 aliphatic rings. The van der Waals surface area contributed by atoms with Crippen molar-refractivity contribution < 1.29 is 14.6 Å². The lowest BCUT2D eigenvalue weighted by Gasteiger charge is -2.39. The second-order valence-electron chi connectivity index (χ2n) is 11.0. The van der Waals surface area contributed by atoms with Gasteiger partial charge in [-0.15, -0.1) is 5.10 Å². The number of benzene rings is 2. The maximum atomic E-state index is 11.8. The van der Waals surface area contributed by atoms with Crippen LogP contribution in [0.1, 0.15) is 36.1 Å². The fourth-order valence-corrected chi connectivity index (χ4v) is 6.19. The predicted octanol–water partition coefficient (Wildman–Crippen LogP) is 3.73. The summed E-state index contributed by atoms with van der Waals surface area (Å²) in [7, 11) is 2.11. The van der Waals surface area contributed by atoms with E-state index >= 15 is 0 Å². The number of ether oxygens (including phenoxy) is 1. The van der Waals surface area contributed by atoms with Crippen LogP contribution >= 0.6 is 0 Å². The number of aryl methyl sites for hydroxylation is 1. The Morgan fingerprint density at radius 2 is 2.00 bits per heavy atom. The van der Waals surface area contributed by atoms with E-state index in [2.05, 4.69) is 61.3 Å². The van der Waals surface area contributed by atoms with Crippen molar-refractivity contribution in [3.8, 4) is 12.1 Å². The van der Waals surface area contributed by atoms with E-state index in [1.807, 2.05) is 15.6 Å². The first-order chi connectivity index (χ1) is 19.9. The van der Waals surface area contributed by atoms with Gasteiger partial charge in [0.2, 0.25) is 0 Å². The van der Waals surface area contributed by atoms with Crippen molar-refractivity contribution in [3.05, 3.63) is 59.4 Å². The highest BCUT2D eigenvalue weighted by atomic mass is 16.5. The average molecular weight is 555 g/mol. The van der Waals surface area contributed by atoms with E-state index in [0.29, 0.717) is 43.6 Å². The van der Waals surface area contributed by atoms with Gasteiger partial charge in [-0.25, -0.2) is 14.3 Å². The van der Waals surface area contributed by atoms with Crippen LogP contribution in [0.3, 0.4) is 0 Å². The van der Waals surface area contributed by atoms with Gasteiger partial charge in [0.05, 0.1) is 30.4 Å². The van der Waals surface area contributed by atoms with Crippen molar-refractivity contribution in [2.75, 3.05) is 44.7 Å². The minimum absolute atomic E-state index is 0.0989. The van der Waals surface area contributed by atoms with Crippen LogP contribution in [0.2, 0.25) is 0 Å². The van der Waals surface area contributed by atoms with Crippen LogP contribution in [0.5, 0.6) is 6.01 Å². The van der Waals surface area contributed by atoms with Gasteiger partial charge in [-0.2, -0.15) is 10.2 Å². The molecule has 2 aromatic carbocycles. The predicted molar refractivity (Wildman–Crippen MR) is 154 cm³/mol. The summed E-state index contributed by atoms with van der Waals surface area (Å²) in [6.07, 6.45) is 3.74. The summed E-state index contributed by atoms with van der Waals surface area (Å²) in [5, 5.41) is 26.3. The first-order valence-electron chi connectivity index (χ1n) is 14.1. The highest BCUT2D eigenvalue weighted by molar-refractivity contribution is 5.89. The third kappa shape index (κ3) is 5.23. The van der Waals surface area contributed by atoms with Gasteiger partial charge in [0.15, 0.2) is 11.5 Å². The van der Waals surface area contributed by atoms with E-state index < -0.39 is 12.1 Å². The average Bonchev–Trinajstić information content (AvgIpc) is 3.57. The quantitative estimate of drug-likeness (QED) is 0.364. The normalized spacial score (nSPS) is 19.6. The molecule has 0 saturated carbocycles. The summed E-state index contributed by atoms with van der Waals surface area (Å²) in [5.41, 5.74) is 3.88. The van der Waals surface area contributed by atoms with Gasteiger partial charge in [-0.05, 0) is 55.3 Å². The molecule has 11 nitrogen and oxygen atoms in total. The van der Waals surface area contributed by atoms with Crippen molar-refractivity contribution in [1.82, 2.24) is 29.4 Å². The van der Waals surface area contributed by atoms with Crippen LogP contribution in [-0.2, 0) is 6.42 Å². The molecule has 1 amide bonds. The minimum Gasteiger partial charge on any atom is -0.465 e. The third-order valence-electron chi connectivity index (χ3n) is 8.40. The van der Waals surface area contributed by atoms with Crippen molar-refractivity contribution in [3.63, 3.8) is 0 Å². The standard InChI is InChI=1S/C30H34N8O3/c1-20-6-3-7-21-8-4-9-22(26(20)21)16-25-17-32-27-28(36-14-15-37(30(39)40)23(18-36)11-12-31)33-29(34-38(25)27)41-19-24-10-5-13-35(24)2/h3-4,6-9,17,23-24H,5,10-11,13-16,18-19H2,1-2H3,(H,39,40)/t23-,24-/m0/s1. The number of rotatable bonds is 7. The molecule has 2 aromatic heterocycles. The van der Waals surface area contributed by atoms with E-state index in [1.54, 1.807) is 0 Å². The fraction of sp³-hybridized carbons (Fsp3) is 0.433. The molecular formula is C30H34N8O3. The number of nitrogens with zero attached hydrogens (tertiary/aromatic N) is 8. The molecule has 6 rings (SSSR count). The van der Waals surface area contributed by atoms with Gasteiger partial charge in [0.1, 0.15) is 6.61 Å². The van der Waals surface area contributed by atoms with Gasteiger partial charge < -0.3 is 24.5 Å². The number of anilines is 1. The smallest absolute Gasteiger partial charge is 0.407 e. The van der Waals surface area contributed by atoms with Crippen molar-refractivity contribution in [1.29, 1.82) is 5.26 Å². The summed E-state index contributed by atoms with van der Waals surface area (Å²) in [6.45, 7) is 4.69. The molecule has 0 radical (unpaired) electrons. The maximum Gasteiger partial charge on any atom is 0.407 e. The zero-order valence-electron chi connectivity index (χ0n) is 23.4. The second kappa shape index (κ2) is 11.2. The lowest BCUT2D eigenvalue weighted by molar-refractivity contribution is 0.119. The Hall–Kier alpha value is -4.43. The van der Waals surface area contributed by atoms with E-state index in [9.17, 15) is 15.2 Å². The zero-order chi connectivity index (χ0) is 28.5. The topological polar surface area (TPSA) is 123 Å². The van der Waals surface area contributed by atoms with Crippen LogP contribution in [0.15, 0.2) is 42.6 Å². The van der Waals surface area contributed by atoms with Crippen LogP contribution in [-0.4, -0.2) is 92.5 Å². The highest BCUT2D eigenvalue weighted by Gasteiger charge is 2.33. The molecule has 1 N–H and O–H groups in total. The second-order valence-corrected chi connectivity index (χ2v) is 11.0. The summed E-state index contributed by atoms with van der Waals surface area (Å²) in [5.74, 6) is 0.586. The molecule has 0 spiro atoms. The number of hydrogen-bond donors (Lipinski definition) is 1. The van der Waals surface area contributed by atoms with E-state index in [-0.39, 0.29) is 19.0 Å². The number of piperazine rings is 1. The number of likely N-dealkylation sites (N-methyl/N-ethyl adjacent to an activating group) is 1. The molecule has 11 heteroatoms. The van der Waals surface area contributed by atoms with Crippen molar-refractivity contribution in [2.45, 2.75) is 44.7 Å². The lowest BCUT2D eigenvalue weighted by Crippen LogP contribution is -2.55. The first kappa shape index (κ1) is 26.8. The van der Waals surface area contributed by atoms with Crippen LogP contribution < -0.4 is 9.64 Å². The summed E-state index contributed by atoms with van der Waals surface area (Å²) in [4.78, 5) is 27.0. The largest absolute Gasteiger partial charge is 0.465 e. The Morgan fingerprint density at radius 3 is 2.76 bits per heavy atom. The molecule has 4 aromatic rings. The van der Waals surface area contributed by atoms with Gasteiger partial charge in [0, 0.05) is 32.1 Å². The number of aromatic nitrogens is 4. The Morgan fingerprint density at radius 1 is 1.17 bits per heavy atom. The Labute approximate surface area is 238 Å². The number of carbonyl (C=O) groups is 1. The monoisotopic (exact) mass is 554 g/mol. The first-order valence-corrected chi connectivity index (χ1v) is 14.1. The van der Waals surface area contributed by atoms with E-state index in [1.165, 1.54) is 26.8 Å². The highest BCUT2D eigenvalue weighted by Crippen LogP contribution is 2.29. The molecule has 2 fully saturated rings. The van der Waals surface area contributed by atoms with E-state index in [4.69, 9.17) is 19.8 Å².